The van der Waals surface area contributed by atoms with Gasteiger partial charge >= 0.3 is 6.03 Å². The number of hydrogen-bond acceptors (Lipinski definition) is 3. The molecule has 1 aromatic carbocycles. The van der Waals surface area contributed by atoms with Gasteiger partial charge in [-0.25, -0.2) is 4.79 Å². The summed E-state index contributed by atoms with van der Waals surface area (Å²) in [6, 6.07) is 5.83. The Hall–Kier alpha value is -2.04. The van der Waals surface area contributed by atoms with Crippen LogP contribution >= 0.6 is 0 Å². The molecule has 2 aliphatic rings. The second kappa shape index (κ2) is 4.76. The van der Waals surface area contributed by atoms with Crippen LogP contribution < -0.4 is 10.5 Å². The smallest absolute Gasteiger partial charge is 0.346 e. The van der Waals surface area contributed by atoms with E-state index in [2.05, 4.69) is 4.99 Å². The number of aliphatic imine (C=N–C) groups is 1. The van der Waals surface area contributed by atoms with E-state index in [1.54, 1.807) is 7.11 Å². The first kappa shape index (κ1) is 13.9. The molecule has 1 unspecified atom stereocenters. The van der Waals surface area contributed by atoms with Crippen LogP contribution in [0.1, 0.15) is 37.8 Å². The number of aryl methyl sites for hydroxylation is 1. The maximum atomic E-state index is 12.3. The summed E-state index contributed by atoms with van der Waals surface area (Å²) in [5, 5.41) is 0. The van der Waals surface area contributed by atoms with Gasteiger partial charge in [-0.1, -0.05) is 6.07 Å². The Bertz CT molecular complexity index is 624. The molecule has 0 aromatic heterocycles. The molecular formula is C16H21N3O2. The third-order valence-electron chi connectivity index (χ3n) is 4.52. The van der Waals surface area contributed by atoms with Crippen molar-refractivity contribution in [3.05, 3.63) is 29.3 Å². The van der Waals surface area contributed by atoms with Crippen LogP contribution in [0.25, 0.3) is 0 Å². The van der Waals surface area contributed by atoms with Crippen LogP contribution in [0.15, 0.2) is 23.2 Å². The summed E-state index contributed by atoms with van der Waals surface area (Å²) in [6.45, 7) is 4.01. The minimum absolute atomic E-state index is 0.0513. The van der Waals surface area contributed by atoms with Crippen molar-refractivity contribution in [1.82, 2.24) is 4.90 Å². The highest BCUT2D eigenvalue weighted by molar-refractivity contribution is 6.06. The van der Waals surface area contributed by atoms with Crippen molar-refractivity contribution in [2.75, 3.05) is 7.11 Å². The van der Waals surface area contributed by atoms with E-state index in [9.17, 15) is 4.79 Å². The highest BCUT2D eigenvalue weighted by atomic mass is 16.5. The molecule has 1 aliphatic carbocycles. The molecule has 21 heavy (non-hydrogen) atoms. The molecule has 1 aliphatic heterocycles. The van der Waals surface area contributed by atoms with Gasteiger partial charge in [-0.2, -0.15) is 4.99 Å². The summed E-state index contributed by atoms with van der Waals surface area (Å²) in [4.78, 5) is 18.2. The number of rotatable bonds is 2. The van der Waals surface area contributed by atoms with Crippen LogP contribution in [0, 0.1) is 0 Å². The lowest BCUT2D eigenvalue weighted by Crippen LogP contribution is -2.55. The fourth-order valence-electron chi connectivity index (χ4n) is 3.69. The molecular weight excluding hydrogens is 266 g/mol. The molecule has 3 rings (SSSR count). The van der Waals surface area contributed by atoms with E-state index < -0.39 is 5.54 Å². The minimum Gasteiger partial charge on any atom is -0.497 e. The largest absolute Gasteiger partial charge is 0.497 e. The average Bonchev–Trinajstić information content (AvgIpc) is 2.70. The first-order valence-corrected chi connectivity index (χ1v) is 7.36. The fraction of sp³-hybridized carbons (Fsp3) is 0.500. The van der Waals surface area contributed by atoms with Crippen LogP contribution in [0.3, 0.4) is 0 Å². The van der Waals surface area contributed by atoms with Crippen molar-refractivity contribution in [2.45, 2.75) is 44.7 Å². The van der Waals surface area contributed by atoms with Crippen molar-refractivity contribution in [3.8, 4) is 5.75 Å². The molecule has 0 saturated heterocycles. The number of fused-ring (bicyclic) bond motifs is 2. The number of amides is 2. The fourth-order valence-corrected chi connectivity index (χ4v) is 3.69. The number of carbonyl (C=O) groups excluding carboxylic acids is 1. The van der Waals surface area contributed by atoms with Gasteiger partial charge in [0.05, 0.1) is 7.11 Å². The van der Waals surface area contributed by atoms with Gasteiger partial charge in [-0.15, -0.1) is 0 Å². The summed E-state index contributed by atoms with van der Waals surface area (Å²) in [5.41, 5.74) is 7.91. The van der Waals surface area contributed by atoms with E-state index in [1.165, 1.54) is 5.56 Å². The number of urea groups is 1. The van der Waals surface area contributed by atoms with E-state index in [0.29, 0.717) is 5.84 Å². The molecule has 1 atom stereocenters. The Kier molecular flexibility index (Phi) is 3.15. The number of ether oxygens (including phenoxy) is 1. The molecule has 0 fully saturated rings. The van der Waals surface area contributed by atoms with Crippen molar-refractivity contribution >= 4 is 11.9 Å². The number of nitrogens with zero attached hydrogens (tertiary/aromatic N) is 2. The first-order valence-electron chi connectivity index (χ1n) is 7.36. The lowest BCUT2D eigenvalue weighted by molar-refractivity contribution is 0.134. The van der Waals surface area contributed by atoms with Gasteiger partial charge < -0.3 is 15.4 Å². The summed E-state index contributed by atoms with van der Waals surface area (Å²) >= 11 is 0. The standard InChI is InChI=1S/C16H21N3O2/c1-10(2)19-15(20)18-14(17)16(19)8-4-5-11-9-12(21-3)6-7-13(11)16/h6-7,9-10H,4-5,8H2,1-3H3,(H2,17,18,20). The first-order chi connectivity index (χ1) is 10.0. The second-order valence-electron chi connectivity index (χ2n) is 5.98. The Morgan fingerprint density at radius 2 is 2.19 bits per heavy atom. The predicted octanol–water partition coefficient (Wildman–Crippen LogP) is 2.43. The SMILES string of the molecule is COc1ccc2c(c1)CCCC21C(N)=NC(=O)N1C(C)C. The maximum absolute atomic E-state index is 12.3. The zero-order valence-electron chi connectivity index (χ0n) is 12.7. The predicted molar refractivity (Wildman–Crippen MR) is 81.6 cm³/mol. The highest BCUT2D eigenvalue weighted by Crippen LogP contribution is 2.45. The molecule has 1 spiro atoms. The highest BCUT2D eigenvalue weighted by Gasteiger charge is 2.52. The summed E-state index contributed by atoms with van der Waals surface area (Å²) in [7, 11) is 1.66. The van der Waals surface area contributed by atoms with Gasteiger partial charge in [0.15, 0.2) is 0 Å². The van der Waals surface area contributed by atoms with Crippen LogP contribution in [0.2, 0.25) is 0 Å². The summed E-state index contributed by atoms with van der Waals surface area (Å²) in [6.07, 6.45) is 2.78. The lowest BCUT2D eigenvalue weighted by atomic mass is 9.74. The zero-order chi connectivity index (χ0) is 15.2. The Morgan fingerprint density at radius 1 is 1.43 bits per heavy atom. The summed E-state index contributed by atoms with van der Waals surface area (Å²) < 4.78 is 5.31. The van der Waals surface area contributed by atoms with E-state index in [1.807, 2.05) is 36.9 Å². The van der Waals surface area contributed by atoms with Crippen LogP contribution in [0.5, 0.6) is 5.75 Å². The number of methoxy groups -OCH3 is 1. The van der Waals surface area contributed by atoms with Gasteiger partial charge in [0.2, 0.25) is 0 Å². The number of carbonyl (C=O) groups is 1. The molecule has 0 saturated carbocycles. The lowest BCUT2D eigenvalue weighted by Gasteiger charge is -2.44. The number of benzene rings is 1. The van der Waals surface area contributed by atoms with Gasteiger partial charge in [-0.3, -0.25) is 0 Å². The van der Waals surface area contributed by atoms with Crippen molar-refractivity contribution in [1.29, 1.82) is 0 Å². The molecule has 5 heteroatoms. The number of amidine groups is 1. The van der Waals surface area contributed by atoms with Gasteiger partial charge in [0.1, 0.15) is 17.1 Å². The minimum atomic E-state index is -0.578. The third kappa shape index (κ3) is 1.83. The molecule has 112 valence electrons. The van der Waals surface area contributed by atoms with Crippen molar-refractivity contribution in [2.24, 2.45) is 10.7 Å². The van der Waals surface area contributed by atoms with Crippen LogP contribution in [-0.4, -0.2) is 29.9 Å². The Labute approximate surface area is 124 Å². The van der Waals surface area contributed by atoms with Crippen molar-refractivity contribution < 1.29 is 9.53 Å². The molecule has 1 heterocycles. The normalized spacial score (nSPS) is 24.5. The van der Waals surface area contributed by atoms with E-state index >= 15 is 0 Å². The van der Waals surface area contributed by atoms with E-state index in [4.69, 9.17) is 10.5 Å². The third-order valence-corrected chi connectivity index (χ3v) is 4.52. The van der Waals surface area contributed by atoms with Crippen molar-refractivity contribution in [3.63, 3.8) is 0 Å². The van der Waals surface area contributed by atoms with Crippen LogP contribution in [-0.2, 0) is 12.0 Å². The molecule has 0 radical (unpaired) electrons. The molecule has 5 nitrogen and oxygen atoms in total. The molecule has 1 aromatic rings. The second-order valence-corrected chi connectivity index (χ2v) is 5.98. The zero-order valence-corrected chi connectivity index (χ0v) is 12.7. The topological polar surface area (TPSA) is 67.9 Å². The van der Waals surface area contributed by atoms with E-state index in [0.717, 1.165) is 30.6 Å². The number of nitrogens with two attached hydrogens (primary N) is 1. The number of hydrogen-bond donors (Lipinski definition) is 1. The van der Waals surface area contributed by atoms with Crippen LogP contribution in [0.4, 0.5) is 4.79 Å². The van der Waals surface area contributed by atoms with Gasteiger partial charge in [-0.05, 0) is 56.4 Å². The molecule has 2 N–H and O–H groups in total. The Balaban J connectivity index is 2.19. The molecule has 0 bridgehead atoms. The van der Waals surface area contributed by atoms with Gasteiger partial charge in [0, 0.05) is 6.04 Å². The Morgan fingerprint density at radius 3 is 2.86 bits per heavy atom. The quantitative estimate of drug-likeness (QED) is 0.908. The average molecular weight is 287 g/mol. The maximum Gasteiger partial charge on any atom is 0.346 e. The molecule has 2 amide bonds. The summed E-state index contributed by atoms with van der Waals surface area (Å²) in [5.74, 6) is 1.26. The van der Waals surface area contributed by atoms with E-state index in [-0.39, 0.29) is 12.1 Å². The monoisotopic (exact) mass is 287 g/mol. The van der Waals surface area contributed by atoms with Gasteiger partial charge in [0.25, 0.3) is 0 Å².